The van der Waals surface area contributed by atoms with Crippen molar-refractivity contribution >= 4 is 11.9 Å². The zero-order chi connectivity index (χ0) is 14.5. The van der Waals surface area contributed by atoms with Crippen LogP contribution in [-0.4, -0.2) is 41.5 Å². The Bertz CT molecular complexity index is 333. The largest absolute Gasteiger partial charge is 0.481 e. The summed E-state index contributed by atoms with van der Waals surface area (Å²) in [5, 5.41) is 9.39. The third-order valence-electron chi connectivity index (χ3n) is 4.31. The fourth-order valence-corrected chi connectivity index (χ4v) is 2.60. The summed E-state index contributed by atoms with van der Waals surface area (Å²) in [5.41, 5.74) is 4.80. The molecule has 1 amide bonds. The molecular formula is C14H26N2O3. The molecular weight excluding hydrogens is 244 g/mol. The van der Waals surface area contributed by atoms with Gasteiger partial charge in [-0.2, -0.15) is 0 Å². The van der Waals surface area contributed by atoms with Crippen molar-refractivity contribution < 1.29 is 14.7 Å². The number of aliphatic carboxylic acids is 1. The average Bonchev–Trinajstić information content (AvgIpc) is 2.43. The van der Waals surface area contributed by atoms with E-state index in [9.17, 15) is 14.7 Å². The maximum atomic E-state index is 12.1. The molecule has 1 saturated heterocycles. The number of carboxylic acid groups (broad SMARTS) is 1. The Kier molecular flexibility index (Phi) is 5.79. The van der Waals surface area contributed by atoms with Crippen LogP contribution in [0.1, 0.15) is 46.0 Å². The van der Waals surface area contributed by atoms with Gasteiger partial charge < -0.3 is 15.7 Å². The quantitative estimate of drug-likeness (QED) is 0.765. The minimum Gasteiger partial charge on any atom is -0.481 e. The lowest BCUT2D eigenvalue weighted by molar-refractivity contribution is -0.155. The Balaban J connectivity index is 2.59. The predicted octanol–water partition coefficient (Wildman–Crippen LogP) is 1.46. The lowest BCUT2D eigenvalue weighted by Crippen LogP contribution is -2.49. The van der Waals surface area contributed by atoms with E-state index in [0.29, 0.717) is 44.8 Å². The van der Waals surface area contributed by atoms with Crippen molar-refractivity contribution in [2.45, 2.75) is 46.0 Å². The molecule has 1 rings (SSSR count). The van der Waals surface area contributed by atoms with E-state index in [-0.39, 0.29) is 5.91 Å². The first-order valence-corrected chi connectivity index (χ1v) is 7.16. The highest BCUT2D eigenvalue weighted by molar-refractivity contribution is 5.79. The molecule has 0 bridgehead atoms. The number of rotatable bonds is 6. The summed E-state index contributed by atoms with van der Waals surface area (Å²) < 4.78 is 0. The molecule has 1 fully saturated rings. The van der Waals surface area contributed by atoms with Gasteiger partial charge in [0.25, 0.3) is 0 Å². The Morgan fingerprint density at radius 3 is 2.68 bits per heavy atom. The maximum absolute atomic E-state index is 12.1. The summed E-state index contributed by atoms with van der Waals surface area (Å²) in [5.74, 6) is -0.369. The molecule has 1 heterocycles. The molecule has 2 unspecified atom stereocenters. The van der Waals surface area contributed by atoms with Crippen molar-refractivity contribution in [3.8, 4) is 0 Å². The molecule has 1 aliphatic rings. The third-order valence-corrected chi connectivity index (χ3v) is 4.31. The van der Waals surface area contributed by atoms with Crippen molar-refractivity contribution in [3.63, 3.8) is 0 Å². The van der Waals surface area contributed by atoms with Gasteiger partial charge in [0.2, 0.25) is 5.91 Å². The highest BCUT2D eigenvalue weighted by Gasteiger charge is 2.41. The Labute approximate surface area is 115 Å². The molecule has 0 aromatic heterocycles. The molecule has 0 radical (unpaired) electrons. The van der Waals surface area contributed by atoms with Crippen LogP contribution >= 0.6 is 0 Å². The summed E-state index contributed by atoms with van der Waals surface area (Å²) >= 11 is 0. The van der Waals surface area contributed by atoms with Gasteiger partial charge in [-0.15, -0.1) is 0 Å². The second-order valence-electron chi connectivity index (χ2n) is 5.74. The topological polar surface area (TPSA) is 83.6 Å². The summed E-state index contributed by atoms with van der Waals surface area (Å²) in [7, 11) is 0. The molecule has 5 nitrogen and oxygen atoms in total. The minimum atomic E-state index is -0.775. The third kappa shape index (κ3) is 3.93. The molecule has 19 heavy (non-hydrogen) atoms. The predicted molar refractivity (Wildman–Crippen MR) is 73.6 cm³/mol. The highest BCUT2D eigenvalue weighted by atomic mass is 16.4. The number of carbonyl (C=O) groups is 2. The molecule has 0 aromatic carbocycles. The molecule has 5 heteroatoms. The van der Waals surface area contributed by atoms with E-state index in [1.165, 1.54) is 0 Å². The van der Waals surface area contributed by atoms with Gasteiger partial charge in [-0.25, -0.2) is 0 Å². The van der Waals surface area contributed by atoms with Crippen molar-refractivity contribution in [1.29, 1.82) is 0 Å². The van der Waals surface area contributed by atoms with Crippen LogP contribution in [0.25, 0.3) is 0 Å². The molecule has 110 valence electrons. The van der Waals surface area contributed by atoms with E-state index in [0.717, 1.165) is 12.8 Å². The van der Waals surface area contributed by atoms with Gasteiger partial charge in [0, 0.05) is 19.5 Å². The van der Waals surface area contributed by atoms with E-state index in [2.05, 4.69) is 0 Å². The average molecular weight is 270 g/mol. The maximum Gasteiger partial charge on any atom is 0.311 e. The van der Waals surface area contributed by atoms with E-state index < -0.39 is 11.4 Å². The smallest absolute Gasteiger partial charge is 0.311 e. The van der Waals surface area contributed by atoms with E-state index in [4.69, 9.17) is 5.73 Å². The van der Waals surface area contributed by atoms with Crippen LogP contribution in [0.4, 0.5) is 0 Å². The number of nitrogens with zero attached hydrogens (tertiary/aromatic N) is 1. The van der Waals surface area contributed by atoms with Gasteiger partial charge in [0.05, 0.1) is 5.41 Å². The standard InChI is InChI=1S/C14H26N2O3/c1-3-14(13(18)19)7-4-8-16(10-14)12(17)6-5-11(2)9-15/h11H,3-10,15H2,1-2H3,(H,18,19). The molecule has 3 N–H and O–H groups in total. The number of hydrogen-bond acceptors (Lipinski definition) is 3. The number of carbonyl (C=O) groups excluding carboxylic acids is 1. The van der Waals surface area contributed by atoms with Crippen LogP contribution in [0.5, 0.6) is 0 Å². The van der Waals surface area contributed by atoms with Gasteiger partial charge in [-0.1, -0.05) is 13.8 Å². The van der Waals surface area contributed by atoms with Crippen LogP contribution in [-0.2, 0) is 9.59 Å². The van der Waals surface area contributed by atoms with Crippen molar-refractivity contribution in [2.24, 2.45) is 17.1 Å². The normalized spacial score (nSPS) is 25.1. The first kappa shape index (κ1) is 16.0. The zero-order valence-electron chi connectivity index (χ0n) is 12.0. The minimum absolute atomic E-state index is 0.0686. The Morgan fingerprint density at radius 1 is 1.47 bits per heavy atom. The van der Waals surface area contributed by atoms with Crippen LogP contribution in [0, 0.1) is 11.3 Å². The van der Waals surface area contributed by atoms with Crippen molar-refractivity contribution in [3.05, 3.63) is 0 Å². The van der Waals surface area contributed by atoms with Crippen LogP contribution < -0.4 is 5.73 Å². The second kappa shape index (κ2) is 6.89. The number of amides is 1. The van der Waals surface area contributed by atoms with Gasteiger partial charge >= 0.3 is 5.97 Å². The number of nitrogens with two attached hydrogens (primary N) is 1. The Morgan fingerprint density at radius 2 is 2.16 bits per heavy atom. The molecule has 0 spiro atoms. The Hall–Kier alpha value is -1.10. The molecule has 0 aliphatic carbocycles. The SMILES string of the molecule is CCC1(C(=O)O)CCCN(C(=O)CCC(C)CN)C1. The van der Waals surface area contributed by atoms with Gasteiger partial charge in [0.1, 0.15) is 0 Å². The summed E-state index contributed by atoms with van der Waals surface area (Å²) in [6.07, 6.45) is 3.27. The summed E-state index contributed by atoms with van der Waals surface area (Å²) in [4.78, 5) is 25.3. The fraction of sp³-hybridized carbons (Fsp3) is 0.857. The van der Waals surface area contributed by atoms with Gasteiger partial charge in [-0.3, -0.25) is 9.59 Å². The summed E-state index contributed by atoms with van der Waals surface area (Å²) in [6.45, 7) is 5.54. The lowest BCUT2D eigenvalue weighted by atomic mass is 9.77. The number of hydrogen-bond donors (Lipinski definition) is 2. The highest BCUT2D eigenvalue weighted by Crippen LogP contribution is 2.34. The van der Waals surface area contributed by atoms with Crippen LogP contribution in [0.2, 0.25) is 0 Å². The zero-order valence-corrected chi connectivity index (χ0v) is 12.0. The fourth-order valence-electron chi connectivity index (χ4n) is 2.60. The van der Waals surface area contributed by atoms with E-state index >= 15 is 0 Å². The van der Waals surface area contributed by atoms with Crippen molar-refractivity contribution in [2.75, 3.05) is 19.6 Å². The molecule has 0 saturated carbocycles. The van der Waals surface area contributed by atoms with Gasteiger partial charge in [-0.05, 0) is 38.1 Å². The van der Waals surface area contributed by atoms with E-state index in [1.54, 1.807) is 4.90 Å². The first-order valence-electron chi connectivity index (χ1n) is 7.16. The van der Waals surface area contributed by atoms with Gasteiger partial charge in [0.15, 0.2) is 0 Å². The number of piperidine rings is 1. The first-order chi connectivity index (χ1) is 8.95. The van der Waals surface area contributed by atoms with Crippen LogP contribution in [0.15, 0.2) is 0 Å². The molecule has 1 aliphatic heterocycles. The monoisotopic (exact) mass is 270 g/mol. The number of likely N-dealkylation sites (tertiary alicyclic amines) is 1. The van der Waals surface area contributed by atoms with E-state index in [1.807, 2.05) is 13.8 Å². The second-order valence-corrected chi connectivity index (χ2v) is 5.74. The summed E-state index contributed by atoms with van der Waals surface area (Å²) in [6, 6.07) is 0. The molecule has 2 atom stereocenters. The lowest BCUT2D eigenvalue weighted by Gasteiger charge is -2.39. The number of carboxylic acids is 1. The van der Waals surface area contributed by atoms with Crippen molar-refractivity contribution in [1.82, 2.24) is 4.90 Å². The van der Waals surface area contributed by atoms with Crippen LogP contribution in [0.3, 0.4) is 0 Å². The molecule has 0 aromatic rings.